The van der Waals surface area contributed by atoms with Gasteiger partial charge in [0.2, 0.25) is 0 Å². The smallest absolute Gasteiger partial charge is 0.329 e. The molecule has 7 nitrogen and oxygen atoms in total. The van der Waals surface area contributed by atoms with E-state index in [9.17, 15) is 14.0 Å². The first-order valence-corrected chi connectivity index (χ1v) is 10.6. The molecule has 0 aliphatic rings. The van der Waals surface area contributed by atoms with Gasteiger partial charge in [-0.15, -0.1) is 0 Å². The Morgan fingerprint density at radius 1 is 1.00 bits per heavy atom. The normalized spacial score (nSPS) is 10.7. The molecule has 0 aliphatic carbocycles. The number of aryl methyl sites for hydroxylation is 2. The summed E-state index contributed by atoms with van der Waals surface area (Å²) in [6.07, 6.45) is 1.37. The number of halogens is 2. The number of carbonyl (C=O) groups is 2. The van der Waals surface area contributed by atoms with E-state index in [1.54, 1.807) is 36.4 Å². The Bertz CT molecular complexity index is 1250. The van der Waals surface area contributed by atoms with Gasteiger partial charge in [-0.05, 0) is 73.0 Å². The van der Waals surface area contributed by atoms with Crippen LogP contribution in [-0.4, -0.2) is 25.1 Å². The van der Waals surface area contributed by atoms with E-state index in [4.69, 9.17) is 21.1 Å². The Labute approximate surface area is 201 Å². The first kappa shape index (κ1) is 24.7. The summed E-state index contributed by atoms with van der Waals surface area (Å²) in [7, 11) is 1.48. The molecule has 0 spiro atoms. The second-order valence-corrected chi connectivity index (χ2v) is 7.79. The van der Waals surface area contributed by atoms with Crippen molar-refractivity contribution in [2.45, 2.75) is 20.5 Å². The minimum absolute atomic E-state index is 0.120. The van der Waals surface area contributed by atoms with Crippen LogP contribution < -0.4 is 20.2 Å². The molecule has 0 radical (unpaired) electrons. The number of ether oxygens (including phenoxy) is 2. The zero-order valence-electron chi connectivity index (χ0n) is 18.8. The summed E-state index contributed by atoms with van der Waals surface area (Å²) in [6.45, 7) is 3.99. The zero-order valence-corrected chi connectivity index (χ0v) is 19.6. The number of nitrogens with zero attached hydrogens (tertiary/aromatic N) is 1. The quantitative estimate of drug-likeness (QED) is 0.288. The fourth-order valence-electron chi connectivity index (χ4n) is 2.90. The van der Waals surface area contributed by atoms with Crippen LogP contribution in [0.25, 0.3) is 0 Å². The molecule has 9 heteroatoms. The van der Waals surface area contributed by atoms with Gasteiger partial charge in [0.05, 0.1) is 18.3 Å². The molecule has 0 bridgehead atoms. The number of methoxy groups -OCH3 is 1. The van der Waals surface area contributed by atoms with Gasteiger partial charge in [0.25, 0.3) is 0 Å². The number of rotatable bonds is 7. The van der Waals surface area contributed by atoms with Crippen molar-refractivity contribution in [2.24, 2.45) is 5.10 Å². The van der Waals surface area contributed by atoms with Gasteiger partial charge in [-0.1, -0.05) is 23.7 Å². The summed E-state index contributed by atoms with van der Waals surface area (Å²) in [5.41, 5.74) is 6.01. The van der Waals surface area contributed by atoms with E-state index in [0.29, 0.717) is 28.3 Å². The van der Waals surface area contributed by atoms with E-state index in [1.165, 1.54) is 25.5 Å². The van der Waals surface area contributed by atoms with Crippen molar-refractivity contribution in [3.63, 3.8) is 0 Å². The summed E-state index contributed by atoms with van der Waals surface area (Å²) in [5, 5.41) is 6.61. The second-order valence-electron chi connectivity index (χ2n) is 7.39. The highest BCUT2D eigenvalue weighted by Crippen LogP contribution is 2.29. The molecule has 0 fully saturated rings. The maximum atomic E-state index is 13.2. The van der Waals surface area contributed by atoms with Crippen molar-refractivity contribution in [1.82, 2.24) is 5.43 Å². The number of hydrogen-bond acceptors (Lipinski definition) is 5. The van der Waals surface area contributed by atoms with Gasteiger partial charge < -0.3 is 14.8 Å². The fourth-order valence-corrected chi connectivity index (χ4v) is 3.12. The van der Waals surface area contributed by atoms with E-state index in [0.717, 1.165) is 11.1 Å². The van der Waals surface area contributed by atoms with Crippen LogP contribution >= 0.6 is 11.6 Å². The van der Waals surface area contributed by atoms with E-state index in [2.05, 4.69) is 15.8 Å². The third-order valence-electron chi connectivity index (χ3n) is 4.94. The number of hydrogen-bond donors (Lipinski definition) is 2. The monoisotopic (exact) mass is 483 g/mol. The molecular weight excluding hydrogens is 461 g/mol. The van der Waals surface area contributed by atoms with Crippen molar-refractivity contribution in [2.75, 3.05) is 12.4 Å². The van der Waals surface area contributed by atoms with E-state index in [-0.39, 0.29) is 11.6 Å². The molecule has 34 heavy (non-hydrogen) atoms. The van der Waals surface area contributed by atoms with Gasteiger partial charge in [-0.25, -0.2) is 9.82 Å². The summed E-state index contributed by atoms with van der Waals surface area (Å²) < 4.78 is 24.3. The van der Waals surface area contributed by atoms with Gasteiger partial charge in [0.15, 0.2) is 11.5 Å². The number of anilines is 1. The number of hydrazone groups is 1. The maximum absolute atomic E-state index is 13.2. The molecule has 0 heterocycles. The SMILES string of the molecule is COc1cc(/C=N/NC(=O)C(=O)Nc2ccc(C)c(C)c2)ccc1OCc1ccc(F)cc1Cl. The molecule has 0 aromatic heterocycles. The molecule has 0 aliphatic heterocycles. The van der Waals surface area contributed by atoms with Gasteiger partial charge in [0, 0.05) is 11.3 Å². The topological polar surface area (TPSA) is 89.0 Å². The molecule has 2 N–H and O–H groups in total. The molecule has 2 amide bonds. The predicted molar refractivity (Wildman–Crippen MR) is 129 cm³/mol. The molecule has 0 atom stereocenters. The van der Waals surface area contributed by atoms with Crippen molar-refractivity contribution < 1.29 is 23.5 Å². The molecule has 0 saturated heterocycles. The van der Waals surface area contributed by atoms with Crippen LogP contribution in [0.2, 0.25) is 5.02 Å². The molecule has 0 unspecified atom stereocenters. The highest BCUT2D eigenvalue weighted by molar-refractivity contribution is 6.39. The molecular formula is C25H23ClFN3O4. The average molecular weight is 484 g/mol. The minimum Gasteiger partial charge on any atom is -0.493 e. The van der Waals surface area contributed by atoms with Crippen molar-refractivity contribution >= 4 is 35.3 Å². The van der Waals surface area contributed by atoms with Gasteiger partial charge in [0.1, 0.15) is 12.4 Å². The number of carbonyl (C=O) groups excluding carboxylic acids is 2. The first-order valence-electron chi connectivity index (χ1n) is 10.2. The lowest BCUT2D eigenvalue weighted by Crippen LogP contribution is -2.32. The largest absolute Gasteiger partial charge is 0.493 e. The molecule has 176 valence electrons. The van der Waals surface area contributed by atoms with Gasteiger partial charge >= 0.3 is 11.8 Å². The summed E-state index contributed by atoms with van der Waals surface area (Å²) in [6, 6.07) is 14.4. The number of nitrogens with one attached hydrogen (secondary N) is 2. The zero-order chi connectivity index (χ0) is 24.7. The van der Waals surface area contributed by atoms with Crippen LogP contribution in [0.15, 0.2) is 59.7 Å². The van der Waals surface area contributed by atoms with Crippen LogP contribution in [-0.2, 0) is 16.2 Å². The van der Waals surface area contributed by atoms with Crippen LogP contribution in [0.1, 0.15) is 22.3 Å². The minimum atomic E-state index is -0.905. The fraction of sp³-hybridized carbons (Fsp3) is 0.160. The lowest BCUT2D eigenvalue weighted by atomic mass is 10.1. The summed E-state index contributed by atoms with van der Waals surface area (Å²) in [4.78, 5) is 24.1. The predicted octanol–water partition coefficient (Wildman–Crippen LogP) is 4.77. The third kappa shape index (κ3) is 6.55. The van der Waals surface area contributed by atoms with Crippen molar-refractivity contribution in [3.8, 4) is 11.5 Å². The molecule has 0 saturated carbocycles. The Kier molecular flexibility index (Phi) is 8.21. The lowest BCUT2D eigenvalue weighted by Gasteiger charge is -2.12. The van der Waals surface area contributed by atoms with E-state index >= 15 is 0 Å². The Morgan fingerprint density at radius 3 is 2.50 bits per heavy atom. The summed E-state index contributed by atoms with van der Waals surface area (Å²) in [5.74, 6) is -1.30. The lowest BCUT2D eigenvalue weighted by molar-refractivity contribution is -0.136. The van der Waals surface area contributed by atoms with E-state index in [1.807, 2.05) is 19.9 Å². The van der Waals surface area contributed by atoms with Crippen LogP contribution in [0.5, 0.6) is 11.5 Å². The molecule has 3 aromatic carbocycles. The third-order valence-corrected chi connectivity index (χ3v) is 5.29. The Balaban J connectivity index is 1.58. The standard InChI is InChI=1S/C25H23ClFN3O4/c1-15-4-8-20(10-16(15)2)29-24(31)25(32)30-28-13-17-5-9-22(23(11-17)33-3)34-14-18-6-7-19(27)12-21(18)26/h4-13H,14H2,1-3H3,(H,29,31)(H,30,32)/b28-13+. The number of benzene rings is 3. The second kappa shape index (κ2) is 11.3. The van der Waals surface area contributed by atoms with Crippen LogP contribution in [0.4, 0.5) is 10.1 Å². The van der Waals surface area contributed by atoms with Crippen LogP contribution in [0, 0.1) is 19.7 Å². The van der Waals surface area contributed by atoms with Crippen LogP contribution in [0.3, 0.4) is 0 Å². The van der Waals surface area contributed by atoms with E-state index < -0.39 is 17.6 Å². The summed E-state index contributed by atoms with van der Waals surface area (Å²) >= 11 is 6.03. The molecule has 3 aromatic rings. The van der Waals surface area contributed by atoms with Crippen molar-refractivity contribution in [3.05, 3.63) is 87.7 Å². The highest BCUT2D eigenvalue weighted by atomic mass is 35.5. The highest BCUT2D eigenvalue weighted by Gasteiger charge is 2.13. The first-order chi connectivity index (χ1) is 16.3. The maximum Gasteiger partial charge on any atom is 0.329 e. The van der Waals surface area contributed by atoms with Gasteiger partial charge in [-0.2, -0.15) is 5.10 Å². The number of amides is 2. The average Bonchev–Trinajstić information content (AvgIpc) is 2.81. The van der Waals surface area contributed by atoms with Crippen molar-refractivity contribution in [1.29, 1.82) is 0 Å². The molecule has 3 rings (SSSR count). The van der Waals surface area contributed by atoms with Gasteiger partial charge in [-0.3, -0.25) is 9.59 Å². The Morgan fingerprint density at radius 2 is 1.79 bits per heavy atom. The Hall–Kier alpha value is -3.91.